The molecular formula is C19H31NZr. The molecule has 1 N–H and O–H groups in total. The van der Waals surface area contributed by atoms with Crippen molar-refractivity contribution < 1.29 is 26.2 Å². The van der Waals surface area contributed by atoms with E-state index in [9.17, 15) is 0 Å². The molecule has 0 saturated heterocycles. The van der Waals surface area contributed by atoms with E-state index in [2.05, 4.69) is 71.2 Å². The second kappa shape index (κ2) is 11.4. The van der Waals surface area contributed by atoms with Crippen LogP contribution in [0.2, 0.25) is 0 Å². The molecule has 2 rings (SSSR count). The second-order valence-electron chi connectivity index (χ2n) is 5.79. The third-order valence-electron chi connectivity index (χ3n) is 3.71. The van der Waals surface area contributed by atoms with E-state index in [4.69, 9.17) is 0 Å². The van der Waals surface area contributed by atoms with Crippen LogP contribution in [0.15, 0.2) is 34.4 Å². The van der Waals surface area contributed by atoms with Crippen LogP contribution < -0.4 is 5.32 Å². The van der Waals surface area contributed by atoms with E-state index in [-0.39, 0.29) is 31.6 Å². The van der Waals surface area contributed by atoms with E-state index in [0.717, 1.165) is 12.8 Å². The predicted octanol–water partition coefficient (Wildman–Crippen LogP) is 5.03. The van der Waals surface area contributed by atoms with E-state index in [1.165, 1.54) is 22.3 Å². The summed E-state index contributed by atoms with van der Waals surface area (Å²) in [5, 5.41) is 2.75. The standard InChI is InChI=1S/C10H15.C7H9.C2H7N.Zr/c1-7-6-10(4,5)9(3)8(7)2;1-2-7-5-3-4-6-7;1-3-2;/h1-5H3;3,5H,2,4H2,1H3;3H,1-2H3;/q2*-1;;+2. The van der Waals surface area contributed by atoms with Crippen molar-refractivity contribution in [3.63, 3.8) is 0 Å². The molecule has 0 fully saturated rings. The zero-order valence-corrected chi connectivity index (χ0v) is 17.5. The summed E-state index contributed by atoms with van der Waals surface area (Å²) >= 11 is 0. The first-order valence-corrected chi connectivity index (χ1v) is 7.44. The van der Waals surface area contributed by atoms with Crippen molar-refractivity contribution in [2.75, 3.05) is 14.1 Å². The van der Waals surface area contributed by atoms with Gasteiger partial charge in [-0.25, -0.2) is 17.2 Å². The third kappa shape index (κ3) is 8.12. The summed E-state index contributed by atoms with van der Waals surface area (Å²) in [6.07, 6.45) is 13.1. The van der Waals surface area contributed by atoms with Gasteiger partial charge in [0, 0.05) is 0 Å². The molecule has 2 aliphatic rings. The first kappa shape index (κ1) is 23.1. The van der Waals surface area contributed by atoms with Gasteiger partial charge in [-0.3, -0.25) is 12.2 Å². The van der Waals surface area contributed by atoms with Crippen LogP contribution in [-0.2, 0) is 26.2 Å². The number of rotatable bonds is 1. The van der Waals surface area contributed by atoms with Crippen LogP contribution in [0.3, 0.4) is 0 Å². The van der Waals surface area contributed by atoms with Crippen molar-refractivity contribution in [2.45, 2.75) is 54.4 Å². The van der Waals surface area contributed by atoms with E-state index < -0.39 is 0 Å². The molecule has 1 nitrogen and oxygen atoms in total. The first-order chi connectivity index (χ1) is 9.30. The maximum atomic E-state index is 3.44. The Balaban J connectivity index is 0. The molecular weight excluding hydrogens is 333 g/mol. The molecule has 0 spiro atoms. The van der Waals surface area contributed by atoms with Crippen molar-refractivity contribution in [2.24, 2.45) is 5.41 Å². The van der Waals surface area contributed by atoms with Crippen molar-refractivity contribution in [3.8, 4) is 0 Å². The fourth-order valence-electron chi connectivity index (χ4n) is 2.10. The molecule has 2 heteroatoms. The molecule has 116 valence electrons. The van der Waals surface area contributed by atoms with Crippen LogP contribution in [0.25, 0.3) is 0 Å². The quantitative estimate of drug-likeness (QED) is 0.643. The summed E-state index contributed by atoms with van der Waals surface area (Å²) in [6.45, 7) is 13.1. The maximum absolute atomic E-state index is 3.44. The summed E-state index contributed by atoms with van der Waals surface area (Å²) in [7, 11) is 3.75. The Morgan fingerprint density at radius 1 is 1.19 bits per heavy atom. The van der Waals surface area contributed by atoms with Gasteiger partial charge in [-0.2, -0.15) is 17.2 Å². The molecule has 2 aliphatic carbocycles. The van der Waals surface area contributed by atoms with Gasteiger partial charge < -0.3 is 5.32 Å². The van der Waals surface area contributed by atoms with Crippen LogP contribution in [0.5, 0.6) is 0 Å². The molecule has 0 bridgehead atoms. The smallest absolute Gasteiger partial charge is 0.323 e. The summed E-state index contributed by atoms with van der Waals surface area (Å²) in [5.41, 5.74) is 5.76. The van der Waals surface area contributed by atoms with Crippen LogP contribution >= 0.6 is 0 Å². The monoisotopic (exact) mass is 363 g/mol. The van der Waals surface area contributed by atoms with E-state index in [1.807, 2.05) is 14.1 Å². The van der Waals surface area contributed by atoms with Gasteiger partial charge in [0.05, 0.1) is 0 Å². The SMILES string of the molecule is CC1=[C-]C(C)(C)C(C)=C1C.CCC1=[C-]CC=C1.CNC.[Zr+2]. The van der Waals surface area contributed by atoms with Gasteiger partial charge in [0.15, 0.2) is 0 Å². The van der Waals surface area contributed by atoms with E-state index >= 15 is 0 Å². The Hall–Kier alpha value is -0.197. The van der Waals surface area contributed by atoms with Crippen molar-refractivity contribution in [3.05, 3.63) is 46.6 Å². The molecule has 0 amide bonds. The van der Waals surface area contributed by atoms with Gasteiger partial charge >= 0.3 is 26.2 Å². The Kier molecular flexibility index (Phi) is 12.5. The van der Waals surface area contributed by atoms with Crippen LogP contribution in [0, 0.1) is 17.6 Å². The van der Waals surface area contributed by atoms with Gasteiger partial charge in [0.1, 0.15) is 0 Å². The van der Waals surface area contributed by atoms with Gasteiger partial charge in [-0.1, -0.05) is 46.5 Å². The van der Waals surface area contributed by atoms with Crippen molar-refractivity contribution >= 4 is 0 Å². The van der Waals surface area contributed by atoms with Gasteiger partial charge in [-0.05, 0) is 14.1 Å². The minimum absolute atomic E-state index is 0. The van der Waals surface area contributed by atoms with Crippen LogP contribution in [0.4, 0.5) is 0 Å². The fraction of sp³-hybridized carbons (Fsp3) is 0.579. The summed E-state index contributed by atoms with van der Waals surface area (Å²) in [5.74, 6) is 0. The minimum Gasteiger partial charge on any atom is -0.323 e. The Morgan fingerprint density at radius 2 is 1.71 bits per heavy atom. The van der Waals surface area contributed by atoms with Gasteiger partial charge in [0.25, 0.3) is 0 Å². The molecule has 21 heavy (non-hydrogen) atoms. The number of allylic oxidation sites excluding steroid dienone is 8. The molecule has 0 unspecified atom stereocenters. The zero-order chi connectivity index (χ0) is 15.8. The number of hydrogen-bond donors (Lipinski definition) is 1. The number of nitrogens with one attached hydrogen (secondary N) is 1. The Labute approximate surface area is 151 Å². The predicted molar refractivity (Wildman–Crippen MR) is 90.4 cm³/mol. The normalized spacial score (nSPS) is 17.9. The molecule has 0 aliphatic heterocycles. The average Bonchev–Trinajstić information content (AvgIpc) is 2.96. The third-order valence-corrected chi connectivity index (χ3v) is 3.71. The topological polar surface area (TPSA) is 12.0 Å². The van der Waals surface area contributed by atoms with Crippen LogP contribution in [0.1, 0.15) is 54.4 Å². The molecule has 0 heterocycles. The first-order valence-electron chi connectivity index (χ1n) is 7.44. The summed E-state index contributed by atoms with van der Waals surface area (Å²) in [6, 6.07) is 0. The summed E-state index contributed by atoms with van der Waals surface area (Å²) < 4.78 is 0. The van der Waals surface area contributed by atoms with Gasteiger partial charge in [0.2, 0.25) is 0 Å². The minimum atomic E-state index is 0. The average molecular weight is 365 g/mol. The van der Waals surface area contributed by atoms with E-state index in [1.54, 1.807) is 0 Å². The van der Waals surface area contributed by atoms with Crippen molar-refractivity contribution in [1.29, 1.82) is 0 Å². The van der Waals surface area contributed by atoms with Crippen LogP contribution in [-0.4, -0.2) is 14.1 Å². The summed E-state index contributed by atoms with van der Waals surface area (Å²) in [4.78, 5) is 0. The largest absolute Gasteiger partial charge is 2.00 e. The zero-order valence-electron chi connectivity index (χ0n) is 15.1. The van der Waals surface area contributed by atoms with E-state index in [0.29, 0.717) is 0 Å². The Morgan fingerprint density at radius 3 is 1.86 bits per heavy atom. The number of hydrogen-bond acceptors (Lipinski definition) is 1. The molecule has 0 aromatic heterocycles. The molecule has 0 aromatic rings. The molecule has 0 aromatic carbocycles. The molecule has 0 saturated carbocycles. The Bertz CT molecular complexity index is 423. The molecule has 0 atom stereocenters. The maximum Gasteiger partial charge on any atom is 2.00 e. The fourth-order valence-corrected chi connectivity index (χ4v) is 2.10. The second-order valence-corrected chi connectivity index (χ2v) is 5.79. The molecule has 0 radical (unpaired) electrons. The van der Waals surface area contributed by atoms with Crippen molar-refractivity contribution in [1.82, 2.24) is 5.32 Å². The van der Waals surface area contributed by atoms with Gasteiger partial charge in [-0.15, -0.1) is 13.3 Å².